The van der Waals surface area contributed by atoms with Crippen molar-refractivity contribution in [3.63, 3.8) is 0 Å². The fourth-order valence-electron chi connectivity index (χ4n) is 2.23. The summed E-state index contributed by atoms with van der Waals surface area (Å²) in [5.41, 5.74) is 4.65. The van der Waals surface area contributed by atoms with Gasteiger partial charge in [-0.25, -0.2) is 14.5 Å². The average Bonchev–Trinajstić information content (AvgIpc) is 3.00. The standard InChI is InChI=1S/C14H11N5/c1-9-5-6-11-14(16-9)18-13(17-11)10-8-15-19-7-3-2-4-12(10)19/h2-8H,1H3,(H,16,17,18). The molecule has 1 N–H and O–H groups in total. The van der Waals surface area contributed by atoms with Gasteiger partial charge in [0.05, 0.1) is 22.8 Å². The van der Waals surface area contributed by atoms with Crippen molar-refractivity contribution in [2.45, 2.75) is 6.92 Å². The van der Waals surface area contributed by atoms with E-state index in [0.717, 1.165) is 33.8 Å². The number of imidazole rings is 1. The normalized spacial score (nSPS) is 11.4. The van der Waals surface area contributed by atoms with Crippen molar-refractivity contribution in [3.8, 4) is 11.4 Å². The van der Waals surface area contributed by atoms with Gasteiger partial charge in [-0.1, -0.05) is 6.07 Å². The molecule has 0 aliphatic carbocycles. The number of pyridine rings is 2. The van der Waals surface area contributed by atoms with Gasteiger partial charge in [-0.15, -0.1) is 0 Å². The molecule has 4 aromatic rings. The van der Waals surface area contributed by atoms with Crippen molar-refractivity contribution in [2.24, 2.45) is 0 Å². The Labute approximate surface area is 108 Å². The largest absolute Gasteiger partial charge is 0.336 e. The SMILES string of the molecule is Cc1ccc2[nH]c(-c3cnn4ccccc34)nc2n1. The van der Waals surface area contributed by atoms with Gasteiger partial charge < -0.3 is 4.98 Å². The highest BCUT2D eigenvalue weighted by molar-refractivity contribution is 5.82. The molecule has 0 radical (unpaired) electrons. The van der Waals surface area contributed by atoms with E-state index >= 15 is 0 Å². The van der Waals surface area contributed by atoms with Crippen molar-refractivity contribution < 1.29 is 0 Å². The Hall–Kier alpha value is -2.69. The summed E-state index contributed by atoms with van der Waals surface area (Å²) in [7, 11) is 0. The number of hydrogen-bond acceptors (Lipinski definition) is 3. The van der Waals surface area contributed by atoms with Gasteiger partial charge >= 0.3 is 0 Å². The lowest BCUT2D eigenvalue weighted by Gasteiger charge is -1.93. The molecule has 0 unspecified atom stereocenters. The fraction of sp³-hybridized carbons (Fsp3) is 0.0714. The van der Waals surface area contributed by atoms with Crippen LogP contribution in [0.25, 0.3) is 28.1 Å². The molecule has 5 nitrogen and oxygen atoms in total. The fourth-order valence-corrected chi connectivity index (χ4v) is 2.23. The molecule has 92 valence electrons. The summed E-state index contributed by atoms with van der Waals surface area (Å²) in [4.78, 5) is 12.3. The summed E-state index contributed by atoms with van der Waals surface area (Å²) in [6, 6.07) is 9.94. The molecule has 0 amide bonds. The minimum atomic E-state index is 0.741. The average molecular weight is 249 g/mol. The van der Waals surface area contributed by atoms with E-state index in [-0.39, 0.29) is 0 Å². The van der Waals surface area contributed by atoms with Gasteiger partial charge in [0.1, 0.15) is 5.82 Å². The van der Waals surface area contributed by atoms with E-state index in [0.29, 0.717) is 0 Å². The Kier molecular flexibility index (Phi) is 1.97. The number of aromatic amines is 1. The number of nitrogens with one attached hydrogen (secondary N) is 1. The van der Waals surface area contributed by atoms with Gasteiger partial charge in [0.15, 0.2) is 5.65 Å². The Morgan fingerprint density at radius 2 is 2.05 bits per heavy atom. The first-order chi connectivity index (χ1) is 9.31. The first-order valence-corrected chi connectivity index (χ1v) is 6.07. The third kappa shape index (κ3) is 1.52. The first kappa shape index (κ1) is 10.3. The number of fused-ring (bicyclic) bond motifs is 2. The predicted octanol–water partition coefficient (Wildman–Crippen LogP) is 2.58. The highest BCUT2D eigenvalue weighted by Crippen LogP contribution is 2.23. The van der Waals surface area contributed by atoms with E-state index in [2.05, 4.69) is 20.1 Å². The van der Waals surface area contributed by atoms with Crippen molar-refractivity contribution in [3.05, 3.63) is 48.4 Å². The van der Waals surface area contributed by atoms with E-state index in [1.165, 1.54) is 0 Å². The summed E-state index contributed by atoms with van der Waals surface area (Å²) in [5, 5.41) is 4.32. The Bertz CT molecular complexity index is 887. The highest BCUT2D eigenvalue weighted by atomic mass is 15.2. The second kappa shape index (κ2) is 3.65. The maximum absolute atomic E-state index is 4.55. The van der Waals surface area contributed by atoms with Crippen molar-refractivity contribution in [2.75, 3.05) is 0 Å². The number of H-pyrrole nitrogens is 1. The lowest BCUT2D eigenvalue weighted by atomic mass is 10.2. The molecule has 0 saturated heterocycles. The third-order valence-electron chi connectivity index (χ3n) is 3.17. The zero-order chi connectivity index (χ0) is 12.8. The van der Waals surface area contributed by atoms with Crippen LogP contribution in [0.3, 0.4) is 0 Å². The van der Waals surface area contributed by atoms with Crippen LogP contribution in [0.15, 0.2) is 42.7 Å². The minimum absolute atomic E-state index is 0.741. The summed E-state index contributed by atoms with van der Waals surface area (Å²) in [5.74, 6) is 0.800. The van der Waals surface area contributed by atoms with E-state index < -0.39 is 0 Å². The summed E-state index contributed by atoms with van der Waals surface area (Å²) in [6.07, 6.45) is 3.74. The molecule has 4 heterocycles. The van der Waals surface area contributed by atoms with Crippen LogP contribution in [0.4, 0.5) is 0 Å². The Morgan fingerprint density at radius 1 is 1.11 bits per heavy atom. The van der Waals surface area contributed by atoms with Crippen molar-refractivity contribution in [1.82, 2.24) is 24.6 Å². The van der Waals surface area contributed by atoms with Crippen LogP contribution in [-0.2, 0) is 0 Å². The topological polar surface area (TPSA) is 58.9 Å². The number of rotatable bonds is 1. The van der Waals surface area contributed by atoms with Crippen LogP contribution in [-0.4, -0.2) is 24.6 Å². The van der Waals surface area contributed by atoms with Crippen LogP contribution < -0.4 is 0 Å². The molecular weight excluding hydrogens is 238 g/mol. The molecule has 0 spiro atoms. The lowest BCUT2D eigenvalue weighted by Crippen LogP contribution is -1.84. The lowest BCUT2D eigenvalue weighted by molar-refractivity contribution is 0.961. The molecule has 4 rings (SSSR count). The Balaban J connectivity index is 1.99. The molecule has 0 aromatic carbocycles. The second-order valence-electron chi connectivity index (χ2n) is 4.50. The smallest absolute Gasteiger partial charge is 0.178 e. The third-order valence-corrected chi connectivity index (χ3v) is 3.17. The molecule has 0 atom stereocenters. The van der Waals surface area contributed by atoms with E-state index in [1.54, 1.807) is 0 Å². The number of hydrogen-bond donors (Lipinski definition) is 1. The highest BCUT2D eigenvalue weighted by Gasteiger charge is 2.11. The van der Waals surface area contributed by atoms with Crippen molar-refractivity contribution >= 4 is 16.7 Å². The molecule has 0 bridgehead atoms. The molecule has 4 aromatic heterocycles. The quantitative estimate of drug-likeness (QED) is 0.564. The van der Waals surface area contributed by atoms with Crippen LogP contribution >= 0.6 is 0 Å². The summed E-state index contributed by atoms with van der Waals surface area (Å²) in [6.45, 7) is 1.96. The van der Waals surface area contributed by atoms with Gasteiger partial charge in [0.2, 0.25) is 0 Å². The molecule has 19 heavy (non-hydrogen) atoms. The number of aryl methyl sites for hydroxylation is 1. The van der Waals surface area contributed by atoms with E-state index in [9.17, 15) is 0 Å². The van der Waals surface area contributed by atoms with Gasteiger partial charge in [-0.2, -0.15) is 5.10 Å². The summed E-state index contributed by atoms with van der Waals surface area (Å²) >= 11 is 0. The monoisotopic (exact) mass is 249 g/mol. The zero-order valence-corrected chi connectivity index (χ0v) is 10.3. The van der Waals surface area contributed by atoms with Crippen LogP contribution in [0.2, 0.25) is 0 Å². The van der Waals surface area contributed by atoms with E-state index in [4.69, 9.17) is 0 Å². The van der Waals surface area contributed by atoms with E-state index in [1.807, 2.05) is 54.2 Å². The van der Waals surface area contributed by atoms with Crippen LogP contribution in [0.1, 0.15) is 5.69 Å². The maximum Gasteiger partial charge on any atom is 0.178 e. The number of aromatic nitrogens is 5. The van der Waals surface area contributed by atoms with Crippen LogP contribution in [0, 0.1) is 6.92 Å². The molecule has 5 heteroatoms. The minimum Gasteiger partial charge on any atom is -0.336 e. The molecule has 0 aliphatic rings. The van der Waals surface area contributed by atoms with Gasteiger partial charge in [0, 0.05) is 11.9 Å². The van der Waals surface area contributed by atoms with Gasteiger partial charge in [-0.3, -0.25) is 0 Å². The second-order valence-corrected chi connectivity index (χ2v) is 4.50. The molecule has 0 fully saturated rings. The molecular formula is C14H11N5. The summed E-state index contributed by atoms with van der Waals surface area (Å²) < 4.78 is 1.83. The zero-order valence-electron chi connectivity index (χ0n) is 10.3. The molecule has 0 aliphatic heterocycles. The van der Waals surface area contributed by atoms with Gasteiger partial charge in [-0.05, 0) is 31.2 Å². The number of nitrogens with zero attached hydrogens (tertiary/aromatic N) is 4. The predicted molar refractivity (Wildman–Crippen MR) is 72.8 cm³/mol. The molecule has 0 saturated carbocycles. The maximum atomic E-state index is 4.55. The van der Waals surface area contributed by atoms with Gasteiger partial charge in [0.25, 0.3) is 0 Å². The van der Waals surface area contributed by atoms with Crippen molar-refractivity contribution in [1.29, 1.82) is 0 Å². The van der Waals surface area contributed by atoms with Crippen LogP contribution in [0.5, 0.6) is 0 Å². The first-order valence-electron chi connectivity index (χ1n) is 6.07. The Morgan fingerprint density at radius 3 is 3.00 bits per heavy atom.